The highest BCUT2D eigenvalue weighted by atomic mass is 16.6. The Labute approximate surface area is 77.2 Å². The predicted octanol–water partition coefficient (Wildman–Crippen LogP) is 0.700. The van der Waals surface area contributed by atoms with Gasteiger partial charge in [0.05, 0.1) is 0 Å². The Morgan fingerprint density at radius 3 is 2.46 bits per heavy atom. The van der Waals surface area contributed by atoms with Gasteiger partial charge in [0, 0.05) is 0 Å². The zero-order valence-corrected chi connectivity index (χ0v) is 7.53. The highest BCUT2D eigenvalue weighted by molar-refractivity contribution is 5.74. The molecular formula is C9H13N3O. The van der Waals surface area contributed by atoms with Crippen LogP contribution in [0.2, 0.25) is 0 Å². The van der Waals surface area contributed by atoms with E-state index in [1.54, 1.807) is 0 Å². The number of nitrogens with two attached hydrogens (primary N) is 2. The summed E-state index contributed by atoms with van der Waals surface area (Å²) in [6.45, 7) is 2.42. The number of nitrogens with zero attached hydrogens (tertiary/aromatic N) is 1. The van der Waals surface area contributed by atoms with Crippen LogP contribution in [0.4, 0.5) is 0 Å². The monoisotopic (exact) mass is 179 g/mol. The summed E-state index contributed by atoms with van der Waals surface area (Å²) in [4.78, 5) is 4.86. The molecule has 0 radical (unpaired) electrons. The third-order valence-electron chi connectivity index (χ3n) is 1.52. The molecular weight excluding hydrogens is 166 g/mol. The van der Waals surface area contributed by atoms with Gasteiger partial charge in [0.25, 0.3) is 0 Å². The lowest BCUT2D eigenvalue weighted by Gasteiger charge is -2.00. The minimum atomic E-state index is -0.0629. The highest BCUT2D eigenvalue weighted by Crippen LogP contribution is 2.04. The summed E-state index contributed by atoms with van der Waals surface area (Å²) in [7, 11) is 0. The molecule has 0 saturated heterocycles. The standard InChI is InChI=1S/C9H13N3O/c1-7-2-4-8(5-3-7)6-13-12-9(10)11/h2-5H,6H2,1H3,(H4,10,11,12). The summed E-state index contributed by atoms with van der Waals surface area (Å²) >= 11 is 0. The Balaban J connectivity index is 2.46. The lowest BCUT2D eigenvalue weighted by Crippen LogP contribution is -2.22. The van der Waals surface area contributed by atoms with Gasteiger partial charge < -0.3 is 16.3 Å². The van der Waals surface area contributed by atoms with Crippen molar-refractivity contribution in [3.8, 4) is 0 Å². The minimum absolute atomic E-state index is 0.0629. The fourth-order valence-electron chi connectivity index (χ4n) is 0.866. The number of guanidine groups is 1. The zero-order chi connectivity index (χ0) is 9.68. The van der Waals surface area contributed by atoms with Crippen molar-refractivity contribution >= 4 is 5.96 Å². The van der Waals surface area contributed by atoms with Crippen LogP contribution in [0.15, 0.2) is 29.4 Å². The van der Waals surface area contributed by atoms with Crippen LogP contribution in [-0.4, -0.2) is 5.96 Å². The first-order valence-corrected chi connectivity index (χ1v) is 3.95. The van der Waals surface area contributed by atoms with Crippen LogP contribution in [0.3, 0.4) is 0 Å². The third-order valence-corrected chi connectivity index (χ3v) is 1.52. The molecule has 0 heterocycles. The van der Waals surface area contributed by atoms with Gasteiger partial charge in [0.15, 0.2) is 0 Å². The van der Waals surface area contributed by atoms with Crippen LogP contribution in [0.5, 0.6) is 0 Å². The Hall–Kier alpha value is -1.71. The minimum Gasteiger partial charge on any atom is -0.388 e. The predicted molar refractivity (Wildman–Crippen MR) is 51.8 cm³/mol. The molecule has 1 rings (SSSR count). The van der Waals surface area contributed by atoms with E-state index >= 15 is 0 Å². The molecule has 0 aromatic heterocycles. The summed E-state index contributed by atoms with van der Waals surface area (Å²) in [6.07, 6.45) is 0. The maximum atomic E-state index is 5.08. The van der Waals surface area contributed by atoms with Crippen molar-refractivity contribution in [3.05, 3.63) is 35.4 Å². The Bertz CT molecular complexity index is 288. The van der Waals surface area contributed by atoms with Gasteiger partial charge in [-0.1, -0.05) is 29.8 Å². The number of benzene rings is 1. The van der Waals surface area contributed by atoms with Crippen molar-refractivity contribution in [1.29, 1.82) is 0 Å². The maximum Gasteiger partial charge on any atom is 0.228 e. The number of oxime groups is 1. The van der Waals surface area contributed by atoms with Crippen LogP contribution in [0, 0.1) is 6.92 Å². The van der Waals surface area contributed by atoms with Gasteiger partial charge in [0.2, 0.25) is 5.96 Å². The van der Waals surface area contributed by atoms with Crippen LogP contribution >= 0.6 is 0 Å². The fraction of sp³-hybridized carbons (Fsp3) is 0.222. The maximum absolute atomic E-state index is 5.08. The summed E-state index contributed by atoms with van der Waals surface area (Å²) in [5.74, 6) is -0.0629. The molecule has 0 saturated carbocycles. The van der Waals surface area contributed by atoms with E-state index in [0.29, 0.717) is 6.61 Å². The molecule has 4 heteroatoms. The second kappa shape index (κ2) is 4.35. The summed E-state index contributed by atoms with van der Waals surface area (Å²) < 4.78 is 0. The summed E-state index contributed by atoms with van der Waals surface area (Å²) in [6, 6.07) is 7.96. The van der Waals surface area contributed by atoms with Crippen LogP contribution in [-0.2, 0) is 11.4 Å². The molecule has 70 valence electrons. The first-order chi connectivity index (χ1) is 6.18. The van der Waals surface area contributed by atoms with Crippen LogP contribution in [0.25, 0.3) is 0 Å². The van der Waals surface area contributed by atoms with Crippen molar-refractivity contribution in [2.75, 3.05) is 0 Å². The molecule has 1 aromatic rings. The summed E-state index contributed by atoms with van der Waals surface area (Å²) in [5.41, 5.74) is 12.4. The van der Waals surface area contributed by atoms with Crippen molar-refractivity contribution in [2.24, 2.45) is 16.6 Å². The van der Waals surface area contributed by atoms with Crippen LogP contribution in [0.1, 0.15) is 11.1 Å². The third kappa shape index (κ3) is 3.46. The highest BCUT2D eigenvalue weighted by Gasteiger charge is 1.91. The van der Waals surface area contributed by atoms with Crippen molar-refractivity contribution in [2.45, 2.75) is 13.5 Å². The lowest BCUT2D eigenvalue weighted by atomic mass is 10.2. The average Bonchev–Trinajstić information content (AvgIpc) is 2.08. The van der Waals surface area contributed by atoms with E-state index in [4.69, 9.17) is 16.3 Å². The van der Waals surface area contributed by atoms with Crippen LogP contribution < -0.4 is 11.5 Å². The topological polar surface area (TPSA) is 73.6 Å². The van der Waals surface area contributed by atoms with E-state index < -0.39 is 0 Å². The van der Waals surface area contributed by atoms with Gasteiger partial charge in [-0.05, 0) is 17.6 Å². The van der Waals surface area contributed by atoms with E-state index in [9.17, 15) is 0 Å². The lowest BCUT2D eigenvalue weighted by molar-refractivity contribution is 0.130. The normalized spacial score (nSPS) is 9.31. The van der Waals surface area contributed by atoms with Gasteiger partial charge in [-0.2, -0.15) is 0 Å². The fourth-order valence-corrected chi connectivity index (χ4v) is 0.866. The molecule has 0 spiro atoms. The van der Waals surface area contributed by atoms with E-state index in [-0.39, 0.29) is 5.96 Å². The molecule has 0 atom stereocenters. The van der Waals surface area contributed by atoms with Crippen molar-refractivity contribution < 1.29 is 4.84 Å². The molecule has 0 aliphatic carbocycles. The van der Waals surface area contributed by atoms with E-state index in [0.717, 1.165) is 5.56 Å². The molecule has 4 nitrogen and oxygen atoms in total. The molecule has 0 aliphatic heterocycles. The molecule has 13 heavy (non-hydrogen) atoms. The molecule has 4 N–H and O–H groups in total. The Kier molecular flexibility index (Phi) is 3.14. The molecule has 0 amide bonds. The average molecular weight is 179 g/mol. The van der Waals surface area contributed by atoms with Gasteiger partial charge in [-0.15, -0.1) is 0 Å². The summed E-state index contributed by atoms with van der Waals surface area (Å²) in [5, 5.41) is 3.41. The second-order valence-electron chi connectivity index (χ2n) is 2.78. The molecule has 0 bridgehead atoms. The molecule has 0 aliphatic rings. The Morgan fingerprint density at radius 1 is 1.31 bits per heavy atom. The zero-order valence-electron chi connectivity index (χ0n) is 7.53. The van der Waals surface area contributed by atoms with Crippen molar-refractivity contribution in [1.82, 2.24) is 0 Å². The van der Waals surface area contributed by atoms with Gasteiger partial charge in [0.1, 0.15) is 6.61 Å². The van der Waals surface area contributed by atoms with E-state index in [1.165, 1.54) is 5.56 Å². The number of hydrogen-bond acceptors (Lipinski definition) is 2. The van der Waals surface area contributed by atoms with Gasteiger partial charge in [-0.3, -0.25) is 0 Å². The van der Waals surface area contributed by atoms with Crippen molar-refractivity contribution in [3.63, 3.8) is 0 Å². The van der Waals surface area contributed by atoms with E-state index in [1.807, 2.05) is 31.2 Å². The second-order valence-corrected chi connectivity index (χ2v) is 2.78. The number of rotatable bonds is 3. The smallest absolute Gasteiger partial charge is 0.228 e. The number of hydrogen-bond donors (Lipinski definition) is 2. The number of aryl methyl sites for hydroxylation is 1. The SMILES string of the molecule is Cc1ccc(CON=C(N)N)cc1. The first-order valence-electron chi connectivity index (χ1n) is 3.95. The quantitative estimate of drug-likeness (QED) is 0.407. The molecule has 0 fully saturated rings. The van der Waals surface area contributed by atoms with Gasteiger partial charge >= 0.3 is 0 Å². The largest absolute Gasteiger partial charge is 0.388 e. The first kappa shape index (κ1) is 9.38. The molecule has 1 aromatic carbocycles. The molecule has 0 unspecified atom stereocenters. The van der Waals surface area contributed by atoms with Gasteiger partial charge in [-0.25, -0.2) is 0 Å². The van der Waals surface area contributed by atoms with E-state index in [2.05, 4.69) is 5.16 Å². The Morgan fingerprint density at radius 2 is 1.92 bits per heavy atom.